The van der Waals surface area contributed by atoms with Crippen molar-refractivity contribution in [3.63, 3.8) is 0 Å². The topological polar surface area (TPSA) is 56.8 Å². The van der Waals surface area contributed by atoms with Crippen LogP contribution >= 0.6 is 11.3 Å². The second-order valence-corrected chi connectivity index (χ2v) is 9.84. The van der Waals surface area contributed by atoms with E-state index in [4.69, 9.17) is 4.98 Å². The molecule has 3 fully saturated rings. The van der Waals surface area contributed by atoms with E-state index in [1.165, 1.54) is 17.0 Å². The van der Waals surface area contributed by atoms with Crippen molar-refractivity contribution in [3.05, 3.63) is 10.6 Å². The van der Waals surface area contributed by atoms with Gasteiger partial charge in [-0.15, -0.1) is 11.3 Å². The second-order valence-electron chi connectivity index (χ2n) is 8.78. The normalized spacial score (nSPS) is 25.6. The van der Waals surface area contributed by atoms with Crippen molar-refractivity contribution in [2.75, 3.05) is 44.2 Å². The SMILES string of the molecule is O=C(C1CCC1)N1CCN(c2nc3c(s2)C[C@H](C(=O)N2CCCC2)CC3)CC1. The maximum atomic E-state index is 12.8. The Bertz CT molecular complexity index is 746. The van der Waals surface area contributed by atoms with Crippen LogP contribution in [0.25, 0.3) is 0 Å². The van der Waals surface area contributed by atoms with Gasteiger partial charge in [0.05, 0.1) is 5.69 Å². The van der Waals surface area contributed by atoms with Gasteiger partial charge in [0.25, 0.3) is 0 Å². The van der Waals surface area contributed by atoms with Crippen LogP contribution < -0.4 is 4.90 Å². The van der Waals surface area contributed by atoms with Crippen LogP contribution in [-0.4, -0.2) is 65.9 Å². The zero-order chi connectivity index (χ0) is 19.1. The quantitative estimate of drug-likeness (QED) is 0.779. The van der Waals surface area contributed by atoms with Crippen molar-refractivity contribution in [2.45, 2.75) is 51.4 Å². The van der Waals surface area contributed by atoms with Crippen LogP contribution in [0.5, 0.6) is 0 Å². The molecule has 0 N–H and O–H groups in total. The van der Waals surface area contributed by atoms with Gasteiger partial charge in [0.15, 0.2) is 5.13 Å². The molecule has 1 aromatic heterocycles. The number of likely N-dealkylation sites (tertiary alicyclic amines) is 1. The number of amides is 2. The number of aryl methyl sites for hydroxylation is 1. The standard InChI is InChI=1S/C21H30N4O2S/c26-19(15-4-3-5-15)24-10-12-25(13-11-24)21-22-17-7-6-16(14-18(17)28-21)20(27)23-8-1-2-9-23/h15-16H,1-14H2/t16-/m1/s1. The summed E-state index contributed by atoms with van der Waals surface area (Å²) in [6.07, 6.45) is 8.41. The highest BCUT2D eigenvalue weighted by Crippen LogP contribution is 2.36. The highest BCUT2D eigenvalue weighted by molar-refractivity contribution is 7.15. The van der Waals surface area contributed by atoms with E-state index in [2.05, 4.69) is 14.7 Å². The molecule has 0 radical (unpaired) electrons. The van der Waals surface area contributed by atoms with Gasteiger partial charge in [-0.05, 0) is 44.9 Å². The predicted octanol–water partition coefficient (Wildman–Crippen LogP) is 2.32. The van der Waals surface area contributed by atoms with E-state index in [1.807, 2.05) is 0 Å². The van der Waals surface area contributed by atoms with Crippen LogP contribution in [0, 0.1) is 11.8 Å². The number of aromatic nitrogens is 1. The lowest BCUT2D eigenvalue weighted by Gasteiger charge is -2.38. The second kappa shape index (κ2) is 7.65. The van der Waals surface area contributed by atoms with Gasteiger partial charge in [-0.25, -0.2) is 4.98 Å². The number of hydrogen-bond acceptors (Lipinski definition) is 5. The molecular weight excluding hydrogens is 372 g/mol. The first kappa shape index (κ1) is 18.4. The molecule has 1 aromatic rings. The first-order chi connectivity index (χ1) is 13.7. The number of carbonyl (C=O) groups excluding carboxylic acids is 2. The van der Waals surface area contributed by atoms with E-state index >= 15 is 0 Å². The molecule has 0 unspecified atom stereocenters. The maximum absolute atomic E-state index is 12.8. The van der Waals surface area contributed by atoms with E-state index in [1.54, 1.807) is 11.3 Å². The maximum Gasteiger partial charge on any atom is 0.226 e. The number of fused-ring (bicyclic) bond motifs is 1. The van der Waals surface area contributed by atoms with Crippen molar-refractivity contribution in [2.24, 2.45) is 11.8 Å². The number of piperazine rings is 1. The van der Waals surface area contributed by atoms with E-state index in [0.29, 0.717) is 17.7 Å². The van der Waals surface area contributed by atoms with E-state index in [9.17, 15) is 9.59 Å². The lowest BCUT2D eigenvalue weighted by atomic mass is 9.84. The fourth-order valence-electron chi connectivity index (χ4n) is 4.93. The predicted molar refractivity (Wildman–Crippen MR) is 110 cm³/mol. The van der Waals surface area contributed by atoms with Crippen molar-refractivity contribution >= 4 is 28.3 Å². The summed E-state index contributed by atoms with van der Waals surface area (Å²) in [5.74, 6) is 1.17. The number of nitrogens with zero attached hydrogens (tertiary/aromatic N) is 4. The third kappa shape index (κ3) is 3.42. The van der Waals surface area contributed by atoms with Gasteiger partial charge in [0.1, 0.15) is 0 Å². The Morgan fingerprint density at radius 3 is 2.18 bits per heavy atom. The molecule has 1 saturated carbocycles. The Morgan fingerprint density at radius 2 is 1.50 bits per heavy atom. The molecule has 152 valence electrons. The Labute approximate surface area is 170 Å². The average Bonchev–Trinajstić information content (AvgIpc) is 3.35. The molecule has 1 atom stereocenters. The van der Waals surface area contributed by atoms with Crippen LogP contribution in [0.1, 0.15) is 49.1 Å². The zero-order valence-electron chi connectivity index (χ0n) is 16.6. The number of carbonyl (C=O) groups is 2. The number of hydrogen-bond donors (Lipinski definition) is 0. The van der Waals surface area contributed by atoms with Crippen molar-refractivity contribution in [1.82, 2.24) is 14.8 Å². The molecule has 0 bridgehead atoms. The minimum Gasteiger partial charge on any atom is -0.345 e. The molecule has 7 heteroatoms. The molecule has 5 rings (SSSR count). The zero-order valence-corrected chi connectivity index (χ0v) is 17.4. The van der Waals surface area contributed by atoms with Gasteiger partial charge in [-0.1, -0.05) is 6.42 Å². The summed E-state index contributed by atoms with van der Waals surface area (Å²) < 4.78 is 0. The van der Waals surface area contributed by atoms with Crippen LogP contribution in [-0.2, 0) is 22.4 Å². The summed E-state index contributed by atoms with van der Waals surface area (Å²) in [5.41, 5.74) is 1.21. The molecule has 2 aliphatic heterocycles. The minimum absolute atomic E-state index is 0.149. The van der Waals surface area contributed by atoms with Gasteiger partial charge in [-0.2, -0.15) is 0 Å². The molecule has 28 heavy (non-hydrogen) atoms. The fraction of sp³-hybridized carbons (Fsp3) is 0.762. The molecule has 4 aliphatic rings. The lowest BCUT2D eigenvalue weighted by Crippen LogP contribution is -2.51. The van der Waals surface area contributed by atoms with Crippen molar-refractivity contribution in [1.29, 1.82) is 0 Å². The number of thiazole rings is 1. The summed E-state index contributed by atoms with van der Waals surface area (Å²) in [6.45, 7) is 5.27. The van der Waals surface area contributed by atoms with Gasteiger partial charge >= 0.3 is 0 Å². The first-order valence-electron chi connectivity index (χ1n) is 11.0. The smallest absolute Gasteiger partial charge is 0.226 e. The third-order valence-electron chi connectivity index (χ3n) is 7.01. The molecule has 0 spiro atoms. The first-order valence-corrected chi connectivity index (χ1v) is 11.8. The molecule has 2 aliphatic carbocycles. The summed E-state index contributed by atoms with van der Waals surface area (Å²) in [4.78, 5) is 37.9. The highest BCUT2D eigenvalue weighted by Gasteiger charge is 2.34. The minimum atomic E-state index is 0.149. The van der Waals surface area contributed by atoms with Crippen LogP contribution in [0.2, 0.25) is 0 Å². The van der Waals surface area contributed by atoms with Crippen LogP contribution in [0.3, 0.4) is 0 Å². The molecule has 2 amide bonds. The largest absolute Gasteiger partial charge is 0.345 e. The van der Waals surface area contributed by atoms with Crippen molar-refractivity contribution < 1.29 is 9.59 Å². The third-order valence-corrected chi connectivity index (χ3v) is 8.19. The van der Waals surface area contributed by atoms with Crippen LogP contribution in [0.15, 0.2) is 0 Å². The Morgan fingerprint density at radius 1 is 0.821 bits per heavy atom. The molecule has 3 heterocycles. The van der Waals surface area contributed by atoms with Gasteiger partial charge in [0, 0.05) is 56.0 Å². The Kier molecular flexibility index (Phi) is 5.03. The molecule has 6 nitrogen and oxygen atoms in total. The summed E-state index contributed by atoms with van der Waals surface area (Å²) in [5, 5.41) is 1.09. The number of rotatable bonds is 3. The molecule has 2 saturated heterocycles. The van der Waals surface area contributed by atoms with Gasteiger partial charge < -0.3 is 14.7 Å². The molecule has 0 aromatic carbocycles. The summed E-state index contributed by atoms with van der Waals surface area (Å²) in [6, 6.07) is 0. The number of anilines is 1. The molecular formula is C21H30N4O2S. The van der Waals surface area contributed by atoms with E-state index < -0.39 is 0 Å². The average molecular weight is 403 g/mol. The summed E-state index contributed by atoms with van der Waals surface area (Å²) >= 11 is 1.78. The fourth-order valence-corrected chi connectivity index (χ4v) is 6.17. The Hall–Kier alpha value is -1.63. The van der Waals surface area contributed by atoms with Crippen molar-refractivity contribution in [3.8, 4) is 0 Å². The lowest BCUT2D eigenvalue weighted by molar-refractivity contribution is -0.138. The van der Waals surface area contributed by atoms with Gasteiger partial charge in [-0.3, -0.25) is 9.59 Å². The Balaban J connectivity index is 1.19. The summed E-state index contributed by atoms with van der Waals surface area (Å²) in [7, 11) is 0. The van der Waals surface area contributed by atoms with E-state index in [0.717, 1.165) is 89.3 Å². The van der Waals surface area contributed by atoms with Gasteiger partial charge in [0.2, 0.25) is 11.8 Å². The van der Waals surface area contributed by atoms with E-state index in [-0.39, 0.29) is 5.92 Å². The van der Waals surface area contributed by atoms with Crippen LogP contribution in [0.4, 0.5) is 5.13 Å². The highest BCUT2D eigenvalue weighted by atomic mass is 32.1. The monoisotopic (exact) mass is 402 g/mol.